The van der Waals surface area contributed by atoms with E-state index in [4.69, 9.17) is 4.74 Å². The van der Waals surface area contributed by atoms with Crippen LogP contribution in [-0.2, 0) is 35.6 Å². The number of carbonyl (C=O) groups excluding carboxylic acids is 1. The fraction of sp³-hybridized carbons (Fsp3) is 0.471. The molecule has 3 rings (SSSR count). The average molecular weight is 286 g/mol. The summed E-state index contributed by atoms with van der Waals surface area (Å²) in [6, 6.07) is 4.56. The van der Waals surface area contributed by atoms with Crippen LogP contribution in [0.4, 0.5) is 0 Å². The van der Waals surface area contributed by atoms with E-state index in [1.807, 2.05) is 0 Å². The Bertz CT molecular complexity index is 688. The van der Waals surface area contributed by atoms with Gasteiger partial charge in [0.05, 0.1) is 13.5 Å². The molecule has 4 nitrogen and oxygen atoms in total. The van der Waals surface area contributed by atoms with Gasteiger partial charge < -0.3 is 9.30 Å². The Morgan fingerprint density at radius 2 is 2.00 bits per heavy atom. The maximum Gasteiger partial charge on any atom is 0.310 e. The summed E-state index contributed by atoms with van der Waals surface area (Å²) < 4.78 is 7.10. The van der Waals surface area contributed by atoms with Crippen molar-refractivity contribution < 1.29 is 9.53 Å². The van der Waals surface area contributed by atoms with Gasteiger partial charge >= 0.3 is 5.97 Å². The van der Waals surface area contributed by atoms with Gasteiger partial charge in [0.25, 0.3) is 0 Å². The Morgan fingerprint density at radius 1 is 1.29 bits per heavy atom. The van der Waals surface area contributed by atoms with Crippen molar-refractivity contribution >= 4 is 16.9 Å². The molecule has 21 heavy (non-hydrogen) atoms. The van der Waals surface area contributed by atoms with Gasteiger partial charge in [-0.3, -0.25) is 9.69 Å². The highest BCUT2D eigenvalue weighted by molar-refractivity contribution is 5.89. The molecule has 0 N–H and O–H groups in total. The first kappa shape index (κ1) is 14.1. The molecule has 0 saturated carbocycles. The summed E-state index contributed by atoms with van der Waals surface area (Å²) >= 11 is 0. The molecule has 1 aromatic heterocycles. The Labute approximate surface area is 125 Å². The normalized spacial score (nSPS) is 14.6. The molecule has 0 amide bonds. The lowest BCUT2D eigenvalue weighted by atomic mass is 10.0. The topological polar surface area (TPSA) is 34.5 Å². The van der Waals surface area contributed by atoms with Gasteiger partial charge in [0, 0.05) is 36.7 Å². The lowest BCUT2D eigenvalue weighted by molar-refractivity contribution is -0.139. The number of hydrogen-bond acceptors (Lipinski definition) is 3. The van der Waals surface area contributed by atoms with Crippen LogP contribution in [0.15, 0.2) is 18.3 Å². The number of fused-ring (bicyclic) bond motifs is 2. The predicted molar refractivity (Wildman–Crippen MR) is 83.1 cm³/mol. The minimum absolute atomic E-state index is 0.178. The highest BCUT2D eigenvalue weighted by atomic mass is 16.5. The van der Waals surface area contributed by atoms with E-state index in [0.717, 1.165) is 31.6 Å². The van der Waals surface area contributed by atoms with E-state index in [2.05, 4.69) is 41.8 Å². The van der Waals surface area contributed by atoms with Crippen molar-refractivity contribution in [1.29, 1.82) is 0 Å². The smallest absolute Gasteiger partial charge is 0.310 e. The number of carbonyl (C=O) groups is 1. The number of aryl methyl sites for hydroxylation is 1. The third kappa shape index (κ3) is 2.56. The maximum atomic E-state index is 11.6. The van der Waals surface area contributed by atoms with E-state index in [1.165, 1.54) is 29.1 Å². The number of aromatic nitrogens is 1. The minimum atomic E-state index is -0.178. The third-order valence-electron chi connectivity index (χ3n) is 4.19. The SMILES string of the molecule is CCCn1cc(CC(=O)OC)c2cc3c(cc21)CN(C)C3. The number of hydrogen-bond donors (Lipinski definition) is 0. The number of esters is 1. The molecule has 0 saturated heterocycles. The lowest BCUT2D eigenvalue weighted by Crippen LogP contribution is -2.07. The zero-order valence-corrected chi connectivity index (χ0v) is 13.0. The number of methoxy groups -OCH3 is 1. The van der Waals surface area contributed by atoms with E-state index < -0.39 is 0 Å². The van der Waals surface area contributed by atoms with Gasteiger partial charge in [-0.1, -0.05) is 6.92 Å². The standard InChI is InChI=1S/C17H22N2O2/c1-4-5-19-11-14(8-17(20)21-3)15-6-12-9-18(2)10-13(12)7-16(15)19/h6-7,11H,4-5,8-10H2,1-3H3. The molecule has 0 radical (unpaired) electrons. The molecule has 1 aliphatic rings. The third-order valence-corrected chi connectivity index (χ3v) is 4.19. The Hall–Kier alpha value is -1.81. The highest BCUT2D eigenvalue weighted by Gasteiger charge is 2.20. The molecule has 2 aromatic rings. The monoisotopic (exact) mass is 286 g/mol. The first-order chi connectivity index (χ1) is 10.1. The zero-order chi connectivity index (χ0) is 15.0. The van der Waals surface area contributed by atoms with E-state index in [-0.39, 0.29) is 5.97 Å². The van der Waals surface area contributed by atoms with Crippen molar-refractivity contribution in [1.82, 2.24) is 9.47 Å². The predicted octanol–water partition coefficient (Wildman–Crippen LogP) is 2.71. The second kappa shape index (κ2) is 5.53. The Morgan fingerprint density at radius 3 is 2.67 bits per heavy atom. The molecule has 0 aliphatic carbocycles. The fourth-order valence-corrected chi connectivity index (χ4v) is 3.22. The molecule has 1 aromatic carbocycles. The Kier molecular flexibility index (Phi) is 3.72. The molecule has 0 spiro atoms. The van der Waals surface area contributed by atoms with Crippen LogP contribution in [0.25, 0.3) is 10.9 Å². The van der Waals surface area contributed by atoms with Crippen LogP contribution < -0.4 is 0 Å². The summed E-state index contributed by atoms with van der Waals surface area (Å²) in [6.45, 7) is 5.15. The van der Waals surface area contributed by atoms with Crippen LogP contribution in [0, 0.1) is 0 Å². The summed E-state index contributed by atoms with van der Waals surface area (Å²) in [5.74, 6) is -0.178. The van der Waals surface area contributed by atoms with Crippen molar-refractivity contribution in [2.75, 3.05) is 14.2 Å². The number of nitrogens with zero attached hydrogens (tertiary/aromatic N) is 2. The van der Waals surface area contributed by atoms with Crippen molar-refractivity contribution in [2.45, 2.75) is 39.4 Å². The van der Waals surface area contributed by atoms with Gasteiger partial charge in [0.1, 0.15) is 0 Å². The van der Waals surface area contributed by atoms with Gasteiger partial charge in [0.2, 0.25) is 0 Å². The molecule has 0 bridgehead atoms. The van der Waals surface area contributed by atoms with Crippen molar-refractivity contribution in [3.05, 3.63) is 35.0 Å². The molecular formula is C17H22N2O2. The molecule has 4 heteroatoms. The summed E-state index contributed by atoms with van der Waals surface area (Å²) in [4.78, 5) is 14.0. The molecule has 1 aliphatic heterocycles. The van der Waals surface area contributed by atoms with E-state index in [9.17, 15) is 4.79 Å². The molecule has 112 valence electrons. The molecule has 0 atom stereocenters. The van der Waals surface area contributed by atoms with E-state index in [1.54, 1.807) is 0 Å². The highest BCUT2D eigenvalue weighted by Crippen LogP contribution is 2.30. The van der Waals surface area contributed by atoms with Crippen molar-refractivity contribution in [2.24, 2.45) is 0 Å². The second-order valence-corrected chi connectivity index (χ2v) is 5.91. The molecular weight excluding hydrogens is 264 g/mol. The minimum Gasteiger partial charge on any atom is -0.469 e. The van der Waals surface area contributed by atoms with E-state index in [0.29, 0.717) is 6.42 Å². The largest absolute Gasteiger partial charge is 0.469 e. The molecule has 0 unspecified atom stereocenters. The fourth-order valence-electron chi connectivity index (χ4n) is 3.22. The lowest BCUT2D eigenvalue weighted by Gasteiger charge is -2.05. The zero-order valence-electron chi connectivity index (χ0n) is 13.0. The van der Waals surface area contributed by atoms with Crippen molar-refractivity contribution in [3.8, 4) is 0 Å². The van der Waals surface area contributed by atoms with E-state index >= 15 is 0 Å². The second-order valence-electron chi connectivity index (χ2n) is 5.91. The van der Waals surface area contributed by atoms with Gasteiger partial charge in [-0.25, -0.2) is 0 Å². The van der Waals surface area contributed by atoms with Gasteiger partial charge in [-0.05, 0) is 42.3 Å². The number of ether oxygens (including phenoxy) is 1. The van der Waals surface area contributed by atoms with Crippen LogP contribution in [0.1, 0.15) is 30.0 Å². The molecule has 2 heterocycles. The van der Waals surface area contributed by atoms with Crippen LogP contribution in [-0.4, -0.2) is 29.6 Å². The number of rotatable bonds is 4. The van der Waals surface area contributed by atoms with Gasteiger partial charge in [-0.2, -0.15) is 0 Å². The van der Waals surface area contributed by atoms with Crippen LogP contribution in [0.3, 0.4) is 0 Å². The van der Waals surface area contributed by atoms with Gasteiger partial charge in [0.15, 0.2) is 0 Å². The summed E-state index contributed by atoms with van der Waals surface area (Å²) in [5, 5.41) is 1.20. The summed E-state index contributed by atoms with van der Waals surface area (Å²) in [6.07, 6.45) is 3.54. The first-order valence-corrected chi connectivity index (χ1v) is 7.51. The van der Waals surface area contributed by atoms with Crippen LogP contribution >= 0.6 is 0 Å². The quantitative estimate of drug-likeness (QED) is 0.811. The first-order valence-electron chi connectivity index (χ1n) is 7.51. The molecule has 0 fully saturated rings. The summed E-state index contributed by atoms with van der Waals surface area (Å²) in [5.41, 5.74) is 5.10. The summed E-state index contributed by atoms with van der Waals surface area (Å²) in [7, 11) is 3.58. The van der Waals surface area contributed by atoms with Crippen molar-refractivity contribution in [3.63, 3.8) is 0 Å². The van der Waals surface area contributed by atoms with Crippen LogP contribution in [0.2, 0.25) is 0 Å². The Balaban J connectivity index is 2.11. The number of benzene rings is 1. The van der Waals surface area contributed by atoms with Crippen LogP contribution in [0.5, 0.6) is 0 Å². The average Bonchev–Trinajstić information content (AvgIpc) is 2.97. The van der Waals surface area contributed by atoms with Gasteiger partial charge in [-0.15, -0.1) is 0 Å². The maximum absolute atomic E-state index is 11.6.